The van der Waals surface area contributed by atoms with E-state index < -0.39 is 5.56 Å². The quantitative estimate of drug-likeness (QED) is 0.786. The number of nitrogens with zero attached hydrogens (tertiary/aromatic N) is 1. The lowest BCUT2D eigenvalue weighted by atomic mass is 10.2. The normalized spacial score (nSPS) is 9.71. The Labute approximate surface area is 98.0 Å². The molecular weight excluding hydrogens is 218 g/mol. The molecule has 0 aliphatic rings. The standard InChI is InChI=1S/C13H11NO3/c1-2-3-8-17-14-11-7-5-4-6-10(11)12(15)9-13(14)16/h4-7,9,15H,8H2,1H3. The zero-order valence-electron chi connectivity index (χ0n) is 9.30. The van der Waals surface area contributed by atoms with Gasteiger partial charge in [0.15, 0.2) is 6.61 Å². The molecule has 2 rings (SSSR count). The number of pyridine rings is 1. The molecule has 0 aliphatic heterocycles. The fourth-order valence-electron chi connectivity index (χ4n) is 1.54. The third-order valence-corrected chi connectivity index (χ3v) is 2.30. The molecule has 4 nitrogen and oxygen atoms in total. The van der Waals surface area contributed by atoms with E-state index in [0.29, 0.717) is 10.9 Å². The number of hydrogen-bond donors (Lipinski definition) is 1. The number of hydrogen-bond acceptors (Lipinski definition) is 3. The van der Waals surface area contributed by atoms with Crippen molar-refractivity contribution < 1.29 is 9.94 Å². The molecule has 17 heavy (non-hydrogen) atoms. The summed E-state index contributed by atoms with van der Waals surface area (Å²) in [5.41, 5.74) is 0.106. The summed E-state index contributed by atoms with van der Waals surface area (Å²) in [6, 6.07) is 8.10. The maximum absolute atomic E-state index is 11.7. The van der Waals surface area contributed by atoms with E-state index in [1.54, 1.807) is 31.2 Å². The van der Waals surface area contributed by atoms with Gasteiger partial charge in [-0.15, -0.1) is 10.7 Å². The molecular formula is C13H11NO3. The lowest BCUT2D eigenvalue weighted by molar-refractivity contribution is 0.141. The molecule has 0 saturated carbocycles. The van der Waals surface area contributed by atoms with Crippen LogP contribution in [0.25, 0.3) is 10.9 Å². The Bertz CT molecular complexity index is 662. The Morgan fingerprint density at radius 3 is 2.94 bits per heavy atom. The highest BCUT2D eigenvalue weighted by Crippen LogP contribution is 2.20. The van der Waals surface area contributed by atoms with Crippen LogP contribution in [-0.4, -0.2) is 16.4 Å². The van der Waals surface area contributed by atoms with Gasteiger partial charge in [-0.25, -0.2) is 0 Å². The Hall–Kier alpha value is -2.41. The molecule has 2 aromatic rings. The van der Waals surface area contributed by atoms with Gasteiger partial charge in [0.1, 0.15) is 5.75 Å². The second-order valence-corrected chi connectivity index (χ2v) is 3.38. The van der Waals surface area contributed by atoms with Crippen LogP contribution in [0, 0.1) is 11.8 Å². The average Bonchev–Trinajstić information content (AvgIpc) is 2.33. The largest absolute Gasteiger partial charge is 0.507 e. The van der Waals surface area contributed by atoms with Crippen LogP contribution in [0.2, 0.25) is 0 Å². The molecule has 1 N–H and O–H groups in total. The predicted octanol–water partition coefficient (Wildman–Crippen LogP) is 1.16. The first kappa shape index (κ1) is 11.1. The first-order valence-corrected chi connectivity index (χ1v) is 5.10. The Morgan fingerprint density at radius 2 is 2.18 bits per heavy atom. The maximum Gasteiger partial charge on any atom is 0.287 e. The summed E-state index contributed by atoms with van der Waals surface area (Å²) < 4.78 is 1.14. The van der Waals surface area contributed by atoms with Gasteiger partial charge in [-0.3, -0.25) is 4.79 Å². The number of para-hydroxylation sites is 1. The summed E-state index contributed by atoms with van der Waals surface area (Å²) in [6.07, 6.45) is 0. The molecule has 0 fully saturated rings. The predicted molar refractivity (Wildman–Crippen MR) is 64.8 cm³/mol. The Balaban J connectivity index is 2.59. The third-order valence-electron chi connectivity index (χ3n) is 2.30. The summed E-state index contributed by atoms with van der Waals surface area (Å²) >= 11 is 0. The minimum Gasteiger partial charge on any atom is -0.507 e. The van der Waals surface area contributed by atoms with Crippen molar-refractivity contribution >= 4 is 10.9 Å². The number of rotatable bonds is 2. The molecule has 0 radical (unpaired) electrons. The molecule has 1 aromatic carbocycles. The van der Waals surface area contributed by atoms with Crippen LogP contribution in [0.4, 0.5) is 0 Å². The summed E-state index contributed by atoms with van der Waals surface area (Å²) in [5, 5.41) is 10.2. The monoisotopic (exact) mass is 229 g/mol. The van der Waals surface area contributed by atoms with Crippen molar-refractivity contribution in [2.24, 2.45) is 0 Å². The highest BCUT2D eigenvalue weighted by molar-refractivity contribution is 5.84. The molecule has 0 bridgehead atoms. The van der Waals surface area contributed by atoms with E-state index in [9.17, 15) is 9.90 Å². The van der Waals surface area contributed by atoms with Crippen LogP contribution in [0.15, 0.2) is 35.1 Å². The van der Waals surface area contributed by atoms with Crippen molar-refractivity contribution in [3.63, 3.8) is 0 Å². The van der Waals surface area contributed by atoms with Crippen LogP contribution < -0.4 is 10.4 Å². The van der Waals surface area contributed by atoms with Crippen molar-refractivity contribution in [3.05, 3.63) is 40.7 Å². The van der Waals surface area contributed by atoms with Gasteiger partial charge >= 0.3 is 0 Å². The van der Waals surface area contributed by atoms with Gasteiger partial charge in [-0.2, -0.15) is 0 Å². The average molecular weight is 229 g/mol. The van der Waals surface area contributed by atoms with Crippen molar-refractivity contribution in [2.45, 2.75) is 6.92 Å². The van der Waals surface area contributed by atoms with Crippen molar-refractivity contribution in [1.29, 1.82) is 0 Å². The first-order valence-electron chi connectivity index (χ1n) is 5.10. The smallest absolute Gasteiger partial charge is 0.287 e. The van der Waals surface area contributed by atoms with Gasteiger partial charge in [0.05, 0.1) is 5.52 Å². The van der Waals surface area contributed by atoms with E-state index in [2.05, 4.69) is 11.8 Å². The van der Waals surface area contributed by atoms with E-state index >= 15 is 0 Å². The number of aromatic hydroxyl groups is 1. The molecule has 1 heterocycles. The Morgan fingerprint density at radius 1 is 1.41 bits per heavy atom. The Kier molecular flexibility index (Phi) is 3.01. The molecule has 0 aliphatic carbocycles. The summed E-state index contributed by atoms with van der Waals surface area (Å²) in [6.45, 7) is 1.83. The summed E-state index contributed by atoms with van der Waals surface area (Å²) in [5.74, 6) is 5.34. The lowest BCUT2D eigenvalue weighted by Gasteiger charge is -2.09. The van der Waals surface area contributed by atoms with E-state index in [1.165, 1.54) is 0 Å². The SMILES string of the molecule is CC#CCOn1c(=O)cc(O)c2ccccc21. The van der Waals surface area contributed by atoms with Gasteiger partial charge in [0.2, 0.25) is 0 Å². The molecule has 0 spiro atoms. The number of aromatic nitrogens is 1. The van der Waals surface area contributed by atoms with E-state index in [0.717, 1.165) is 10.8 Å². The molecule has 0 unspecified atom stereocenters. The fraction of sp³-hybridized carbons (Fsp3) is 0.154. The minimum absolute atomic E-state index is 0.0491. The van der Waals surface area contributed by atoms with E-state index in [1.807, 2.05) is 0 Å². The van der Waals surface area contributed by atoms with Crippen molar-refractivity contribution in [3.8, 4) is 17.6 Å². The molecule has 0 amide bonds. The summed E-state index contributed by atoms with van der Waals surface area (Å²) in [4.78, 5) is 16.9. The molecule has 0 saturated heterocycles. The van der Waals surface area contributed by atoms with E-state index in [-0.39, 0.29) is 12.4 Å². The molecule has 0 atom stereocenters. The van der Waals surface area contributed by atoms with Gasteiger partial charge < -0.3 is 9.94 Å². The second-order valence-electron chi connectivity index (χ2n) is 3.38. The topological polar surface area (TPSA) is 51.5 Å². The van der Waals surface area contributed by atoms with Gasteiger partial charge in [0.25, 0.3) is 5.56 Å². The summed E-state index contributed by atoms with van der Waals surface area (Å²) in [7, 11) is 0. The highest BCUT2D eigenvalue weighted by Gasteiger charge is 2.07. The first-order chi connectivity index (χ1) is 8.24. The number of fused-ring (bicyclic) bond motifs is 1. The second kappa shape index (κ2) is 4.62. The van der Waals surface area contributed by atoms with Crippen LogP contribution in [0.1, 0.15) is 6.92 Å². The van der Waals surface area contributed by atoms with Crippen molar-refractivity contribution in [1.82, 2.24) is 4.73 Å². The van der Waals surface area contributed by atoms with Gasteiger partial charge in [-0.1, -0.05) is 18.1 Å². The van der Waals surface area contributed by atoms with Crippen LogP contribution in [0.3, 0.4) is 0 Å². The molecule has 86 valence electrons. The van der Waals surface area contributed by atoms with Crippen molar-refractivity contribution in [2.75, 3.05) is 6.61 Å². The molecule has 4 heteroatoms. The minimum atomic E-state index is -0.417. The zero-order valence-corrected chi connectivity index (χ0v) is 9.30. The zero-order chi connectivity index (χ0) is 12.3. The highest BCUT2D eigenvalue weighted by atomic mass is 16.7. The van der Waals surface area contributed by atoms with Gasteiger partial charge in [0, 0.05) is 11.5 Å². The third kappa shape index (κ3) is 2.08. The van der Waals surface area contributed by atoms with Crippen LogP contribution >= 0.6 is 0 Å². The lowest BCUT2D eigenvalue weighted by Crippen LogP contribution is -2.26. The maximum atomic E-state index is 11.7. The fourth-order valence-corrected chi connectivity index (χ4v) is 1.54. The van der Waals surface area contributed by atoms with Crippen LogP contribution in [0.5, 0.6) is 5.75 Å². The van der Waals surface area contributed by atoms with E-state index in [4.69, 9.17) is 4.84 Å². The molecule has 1 aromatic heterocycles. The van der Waals surface area contributed by atoms with Crippen LogP contribution in [-0.2, 0) is 0 Å². The number of benzene rings is 1. The van der Waals surface area contributed by atoms with Gasteiger partial charge in [-0.05, 0) is 19.1 Å².